The molecule has 0 bridgehead atoms. The molecule has 1 unspecified atom stereocenters. The quantitative estimate of drug-likeness (QED) is 0.342. The van der Waals surface area contributed by atoms with E-state index in [2.05, 4.69) is 31.3 Å². The van der Waals surface area contributed by atoms with E-state index < -0.39 is 12.0 Å². The van der Waals surface area contributed by atoms with E-state index in [1.165, 1.54) is 0 Å². The second-order valence-electron chi connectivity index (χ2n) is 3.70. The minimum absolute atomic E-state index is 0.321. The average molecular weight is 348 g/mol. The average Bonchev–Trinajstić information content (AvgIpc) is 2.37. The van der Waals surface area contributed by atoms with Gasteiger partial charge >= 0.3 is 5.97 Å². The molecule has 8 heteroatoms. The molecule has 19 heavy (non-hydrogen) atoms. The zero-order chi connectivity index (χ0) is 14.3. The van der Waals surface area contributed by atoms with E-state index in [1.807, 2.05) is 0 Å². The number of nitrogens with zero attached hydrogens (tertiary/aromatic N) is 3. The fourth-order valence-electron chi connectivity index (χ4n) is 1.51. The summed E-state index contributed by atoms with van der Waals surface area (Å²) in [4.78, 5) is 13.9. The number of hydrogen-bond donors (Lipinski definition) is 2. The van der Waals surface area contributed by atoms with Crippen LogP contribution in [0.5, 0.6) is 0 Å². The highest BCUT2D eigenvalue weighted by atomic mass is 79.9. The third-order valence-corrected chi connectivity index (χ3v) is 3.20. The Balaban J connectivity index is 2.74. The van der Waals surface area contributed by atoms with Crippen LogP contribution < -0.4 is 5.32 Å². The maximum Gasteiger partial charge on any atom is 0.325 e. The molecule has 1 atom stereocenters. The second kappa shape index (κ2) is 8.01. The first-order chi connectivity index (χ1) is 9.06. The van der Waals surface area contributed by atoms with E-state index in [9.17, 15) is 9.90 Å². The topological polar surface area (TPSA) is 98.1 Å². The van der Waals surface area contributed by atoms with Crippen molar-refractivity contribution in [1.82, 2.24) is 5.32 Å². The summed E-state index contributed by atoms with van der Waals surface area (Å²) in [7, 11) is 0. The number of carbonyl (C=O) groups is 1. The standard InChI is InChI=1S/C11H12BrClN4O2/c12-7-2-3-9(13)8(6-7)10(11(18)19)15-4-1-5-16-17-14/h2-3,6,10,15H,1,4-5H2,(H,18,19). The number of benzene rings is 1. The van der Waals surface area contributed by atoms with E-state index in [0.717, 1.165) is 4.47 Å². The van der Waals surface area contributed by atoms with E-state index in [0.29, 0.717) is 30.1 Å². The predicted octanol–water partition coefficient (Wildman–Crippen LogP) is 3.52. The maximum absolute atomic E-state index is 11.3. The smallest absolute Gasteiger partial charge is 0.325 e. The second-order valence-corrected chi connectivity index (χ2v) is 5.02. The number of nitrogens with one attached hydrogen (secondary N) is 1. The molecule has 1 aromatic carbocycles. The van der Waals surface area contributed by atoms with Crippen LogP contribution >= 0.6 is 27.5 Å². The van der Waals surface area contributed by atoms with Crippen molar-refractivity contribution in [2.75, 3.05) is 13.1 Å². The first-order valence-corrected chi connectivity index (χ1v) is 6.65. The van der Waals surface area contributed by atoms with Gasteiger partial charge in [-0.1, -0.05) is 32.6 Å². The fourth-order valence-corrected chi connectivity index (χ4v) is 2.11. The van der Waals surface area contributed by atoms with Crippen LogP contribution in [0.15, 0.2) is 27.8 Å². The highest BCUT2D eigenvalue weighted by Crippen LogP contribution is 2.26. The van der Waals surface area contributed by atoms with Crippen molar-refractivity contribution in [3.63, 3.8) is 0 Å². The molecule has 0 radical (unpaired) electrons. The Hall–Kier alpha value is -1.27. The molecular weight excluding hydrogens is 336 g/mol. The lowest BCUT2D eigenvalue weighted by Gasteiger charge is -2.16. The summed E-state index contributed by atoms with van der Waals surface area (Å²) in [6.07, 6.45) is 0.555. The molecule has 0 aliphatic carbocycles. The normalized spacial score (nSPS) is 11.7. The lowest BCUT2D eigenvalue weighted by Crippen LogP contribution is -2.29. The predicted molar refractivity (Wildman–Crippen MR) is 76.2 cm³/mol. The first kappa shape index (κ1) is 15.8. The summed E-state index contributed by atoms with van der Waals surface area (Å²) in [6.45, 7) is 0.737. The molecule has 0 aliphatic heterocycles. The van der Waals surface area contributed by atoms with Gasteiger partial charge < -0.3 is 10.4 Å². The summed E-state index contributed by atoms with van der Waals surface area (Å²) < 4.78 is 0.758. The van der Waals surface area contributed by atoms with Gasteiger partial charge in [0.15, 0.2) is 0 Å². The molecule has 102 valence electrons. The molecule has 1 rings (SSSR count). The Labute approximate surface area is 123 Å². The number of azide groups is 1. The monoisotopic (exact) mass is 346 g/mol. The van der Waals surface area contributed by atoms with Gasteiger partial charge in [0, 0.05) is 21.0 Å². The van der Waals surface area contributed by atoms with Crippen LogP contribution in [-0.2, 0) is 4.79 Å². The molecule has 6 nitrogen and oxygen atoms in total. The molecule has 0 amide bonds. The van der Waals surface area contributed by atoms with Crippen LogP contribution in [0.3, 0.4) is 0 Å². The van der Waals surface area contributed by atoms with Gasteiger partial charge in [0.2, 0.25) is 0 Å². The van der Waals surface area contributed by atoms with E-state index in [1.54, 1.807) is 18.2 Å². The van der Waals surface area contributed by atoms with Gasteiger partial charge in [-0.15, -0.1) is 0 Å². The minimum Gasteiger partial charge on any atom is -0.480 e. The van der Waals surface area contributed by atoms with Crippen molar-refractivity contribution in [2.45, 2.75) is 12.5 Å². The van der Waals surface area contributed by atoms with Gasteiger partial charge in [0.25, 0.3) is 0 Å². The number of rotatable bonds is 7. The molecule has 1 aromatic rings. The van der Waals surface area contributed by atoms with Crippen LogP contribution in [0, 0.1) is 0 Å². The number of aliphatic carboxylic acids is 1. The van der Waals surface area contributed by atoms with Crippen molar-refractivity contribution in [2.24, 2.45) is 5.11 Å². The van der Waals surface area contributed by atoms with Crippen molar-refractivity contribution >= 4 is 33.5 Å². The number of carboxylic acid groups (broad SMARTS) is 1. The molecular formula is C11H12BrClN4O2. The Morgan fingerprint density at radius 1 is 1.63 bits per heavy atom. The van der Waals surface area contributed by atoms with E-state index in [-0.39, 0.29) is 0 Å². The van der Waals surface area contributed by atoms with Crippen molar-refractivity contribution < 1.29 is 9.90 Å². The van der Waals surface area contributed by atoms with Gasteiger partial charge in [-0.2, -0.15) is 0 Å². The zero-order valence-electron chi connectivity index (χ0n) is 9.88. The van der Waals surface area contributed by atoms with Crippen LogP contribution in [0.2, 0.25) is 5.02 Å². The Morgan fingerprint density at radius 3 is 3.00 bits per heavy atom. The largest absolute Gasteiger partial charge is 0.480 e. The molecule has 0 fully saturated rings. The lowest BCUT2D eigenvalue weighted by atomic mass is 10.1. The Morgan fingerprint density at radius 2 is 2.37 bits per heavy atom. The molecule has 0 saturated heterocycles. The van der Waals surface area contributed by atoms with Gasteiger partial charge in [0.1, 0.15) is 6.04 Å². The summed E-state index contributed by atoms with van der Waals surface area (Å²) in [6, 6.07) is 4.16. The summed E-state index contributed by atoms with van der Waals surface area (Å²) in [5, 5.41) is 15.9. The molecule has 2 N–H and O–H groups in total. The zero-order valence-corrected chi connectivity index (χ0v) is 12.2. The van der Waals surface area contributed by atoms with Crippen LogP contribution in [-0.4, -0.2) is 24.2 Å². The van der Waals surface area contributed by atoms with Gasteiger partial charge in [-0.3, -0.25) is 4.79 Å². The summed E-state index contributed by atoms with van der Waals surface area (Å²) in [5.74, 6) is -1.01. The Bertz CT molecular complexity index is 505. The van der Waals surface area contributed by atoms with Gasteiger partial charge in [0.05, 0.1) is 0 Å². The van der Waals surface area contributed by atoms with Gasteiger partial charge in [-0.05, 0) is 42.3 Å². The van der Waals surface area contributed by atoms with Crippen molar-refractivity contribution in [3.8, 4) is 0 Å². The van der Waals surface area contributed by atoms with E-state index in [4.69, 9.17) is 17.1 Å². The SMILES string of the molecule is [N-]=[N+]=NCCCNC(C(=O)O)c1cc(Br)ccc1Cl. The van der Waals surface area contributed by atoms with Crippen LogP contribution in [0.25, 0.3) is 10.4 Å². The van der Waals surface area contributed by atoms with Crippen molar-refractivity contribution in [3.05, 3.63) is 43.7 Å². The van der Waals surface area contributed by atoms with Gasteiger partial charge in [-0.25, -0.2) is 0 Å². The number of carboxylic acids is 1. The van der Waals surface area contributed by atoms with E-state index >= 15 is 0 Å². The molecule has 0 heterocycles. The Kier molecular flexibility index (Phi) is 6.66. The summed E-state index contributed by atoms with van der Waals surface area (Å²) >= 11 is 9.29. The lowest BCUT2D eigenvalue weighted by molar-refractivity contribution is -0.139. The van der Waals surface area contributed by atoms with Crippen molar-refractivity contribution in [1.29, 1.82) is 0 Å². The summed E-state index contributed by atoms with van der Waals surface area (Å²) in [5.41, 5.74) is 8.62. The first-order valence-electron chi connectivity index (χ1n) is 5.48. The van der Waals surface area contributed by atoms with Crippen LogP contribution in [0.4, 0.5) is 0 Å². The minimum atomic E-state index is -1.01. The maximum atomic E-state index is 11.3. The molecule has 0 aromatic heterocycles. The molecule has 0 saturated carbocycles. The highest BCUT2D eigenvalue weighted by Gasteiger charge is 2.21. The molecule has 0 aliphatic rings. The number of hydrogen-bond acceptors (Lipinski definition) is 3. The van der Waals surface area contributed by atoms with Crippen LogP contribution in [0.1, 0.15) is 18.0 Å². The highest BCUT2D eigenvalue weighted by molar-refractivity contribution is 9.10. The third-order valence-electron chi connectivity index (χ3n) is 2.36. The molecule has 0 spiro atoms. The fraction of sp³-hybridized carbons (Fsp3) is 0.364. The third kappa shape index (κ3) is 5.08. The number of halogens is 2.